The van der Waals surface area contributed by atoms with E-state index < -0.39 is 14.3 Å². The van der Waals surface area contributed by atoms with Gasteiger partial charge in [-0.15, -0.1) is 0 Å². The Morgan fingerprint density at radius 2 is 2.38 bits per heavy atom. The fourth-order valence-electron chi connectivity index (χ4n) is 0.456. The van der Waals surface area contributed by atoms with Crippen LogP contribution in [0, 0.1) is 0 Å². The van der Waals surface area contributed by atoms with Gasteiger partial charge in [0.15, 0.2) is 0 Å². The first kappa shape index (κ1) is 8.06. The molecule has 2 unspecified atom stereocenters. The zero-order chi connectivity index (χ0) is 6.41. The van der Waals surface area contributed by atoms with E-state index in [2.05, 4.69) is 0 Å². The van der Waals surface area contributed by atoms with Gasteiger partial charge in [0.05, 0.1) is 0 Å². The number of aliphatic hydroxyl groups is 1. The molecule has 1 N–H and O–H groups in total. The summed E-state index contributed by atoms with van der Waals surface area (Å²) in [4.78, 5) is 0. The molecule has 0 fully saturated rings. The van der Waals surface area contributed by atoms with E-state index in [4.69, 9.17) is 5.11 Å². The minimum atomic E-state index is -0.574. The van der Waals surface area contributed by atoms with Crippen LogP contribution in [-0.4, -0.2) is 11.0 Å². The van der Waals surface area contributed by atoms with Crippen molar-refractivity contribution < 1.29 is 9.67 Å². The molecule has 48 valence electrons. The standard InChI is InChI=1S/C5H11O2P/c1-2-3-4-5(6)8-7/h5-6H,2-4H2,1H3/p+1. The normalized spacial score (nSPS) is 14.2. The van der Waals surface area contributed by atoms with E-state index in [1.807, 2.05) is 6.92 Å². The summed E-state index contributed by atoms with van der Waals surface area (Å²) < 4.78 is 9.91. The summed E-state index contributed by atoms with van der Waals surface area (Å²) in [7, 11) is -0.553. The van der Waals surface area contributed by atoms with E-state index in [9.17, 15) is 4.57 Å². The molecule has 0 radical (unpaired) electrons. The molecule has 0 aliphatic rings. The minimum Gasteiger partial charge on any atom is -0.351 e. The SMILES string of the molecule is CCCCC(O)[PH+]=O. The van der Waals surface area contributed by atoms with Crippen LogP contribution in [0.15, 0.2) is 0 Å². The lowest BCUT2D eigenvalue weighted by Crippen LogP contribution is -1.93. The Kier molecular flexibility index (Phi) is 5.24. The van der Waals surface area contributed by atoms with Crippen LogP contribution < -0.4 is 0 Å². The van der Waals surface area contributed by atoms with Gasteiger partial charge < -0.3 is 5.11 Å². The molecule has 0 aliphatic heterocycles. The van der Waals surface area contributed by atoms with Gasteiger partial charge >= 0.3 is 8.46 Å². The second kappa shape index (κ2) is 5.20. The van der Waals surface area contributed by atoms with E-state index in [-0.39, 0.29) is 0 Å². The quantitative estimate of drug-likeness (QED) is 0.593. The molecule has 0 aromatic carbocycles. The molecule has 0 saturated carbocycles. The van der Waals surface area contributed by atoms with E-state index in [1.54, 1.807) is 0 Å². The molecular formula is C5H12O2P+. The summed E-state index contributed by atoms with van der Waals surface area (Å²) in [5, 5.41) is 8.69. The number of unbranched alkanes of at least 4 members (excludes halogenated alkanes) is 1. The third kappa shape index (κ3) is 4.23. The lowest BCUT2D eigenvalue weighted by atomic mass is 10.3. The van der Waals surface area contributed by atoms with Gasteiger partial charge in [0.25, 0.3) is 0 Å². The average Bonchev–Trinajstić information content (AvgIpc) is 1.83. The molecule has 0 saturated heterocycles. The second-order valence-electron chi connectivity index (χ2n) is 1.78. The maximum Gasteiger partial charge on any atom is 0.356 e. The first-order valence-corrected chi connectivity index (χ1v) is 3.85. The molecule has 8 heavy (non-hydrogen) atoms. The molecule has 2 atom stereocenters. The Hall–Kier alpha value is 0.0600. The van der Waals surface area contributed by atoms with Crippen LogP contribution in [0.3, 0.4) is 0 Å². The van der Waals surface area contributed by atoms with Crippen molar-refractivity contribution in [3.05, 3.63) is 0 Å². The van der Waals surface area contributed by atoms with Gasteiger partial charge in [-0.3, -0.25) is 0 Å². The van der Waals surface area contributed by atoms with E-state index >= 15 is 0 Å². The predicted octanol–water partition coefficient (Wildman–Crippen LogP) is 1.52. The van der Waals surface area contributed by atoms with Gasteiger partial charge in [-0.05, 0) is 6.42 Å². The van der Waals surface area contributed by atoms with Gasteiger partial charge in [-0.1, -0.05) is 17.9 Å². The zero-order valence-corrected chi connectivity index (χ0v) is 6.05. The summed E-state index contributed by atoms with van der Waals surface area (Å²) >= 11 is 0. The fourth-order valence-corrected chi connectivity index (χ4v) is 0.778. The van der Waals surface area contributed by atoms with Crippen LogP contribution in [0.25, 0.3) is 0 Å². The third-order valence-electron chi connectivity index (χ3n) is 0.967. The molecule has 0 heterocycles. The van der Waals surface area contributed by atoms with Crippen molar-refractivity contribution in [3.63, 3.8) is 0 Å². The monoisotopic (exact) mass is 135 g/mol. The molecule has 0 spiro atoms. The molecule has 3 heteroatoms. The largest absolute Gasteiger partial charge is 0.356 e. The van der Waals surface area contributed by atoms with Crippen LogP contribution in [0.2, 0.25) is 0 Å². The van der Waals surface area contributed by atoms with E-state index in [1.165, 1.54) is 0 Å². The predicted molar refractivity (Wildman–Crippen MR) is 34.5 cm³/mol. The summed E-state index contributed by atoms with van der Waals surface area (Å²) in [6.07, 6.45) is 2.70. The molecule has 0 rings (SSSR count). The van der Waals surface area contributed by atoms with Gasteiger partial charge in [0, 0.05) is 6.42 Å². The minimum absolute atomic E-state index is 0.553. The molecule has 0 aromatic heterocycles. The van der Waals surface area contributed by atoms with Crippen LogP contribution in [-0.2, 0) is 4.57 Å². The molecular weight excluding hydrogens is 123 g/mol. The van der Waals surface area contributed by atoms with Crippen molar-refractivity contribution in [2.75, 3.05) is 0 Å². The van der Waals surface area contributed by atoms with Crippen molar-refractivity contribution in [1.82, 2.24) is 0 Å². The lowest BCUT2D eigenvalue weighted by molar-refractivity contribution is 0.241. The van der Waals surface area contributed by atoms with Crippen molar-refractivity contribution in [3.8, 4) is 0 Å². The number of rotatable bonds is 4. The summed E-state index contributed by atoms with van der Waals surface area (Å²) in [5.74, 6) is -0.574. The maximum atomic E-state index is 9.91. The smallest absolute Gasteiger partial charge is 0.351 e. The molecule has 0 aliphatic carbocycles. The molecule has 0 bridgehead atoms. The first-order valence-electron chi connectivity index (χ1n) is 2.87. The second-order valence-corrected chi connectivity index (χ2v) is 2.68. The highest BCUT2D eigenvalue weighted by atomic mass is 31.1. The Labute approximate surface area is 51.1 Å². The summed E-state index contributed by atoms with van der Waals surface area (Å²) in [6.45, 7) is 2.04. The maximum absolute atomic E-state index is 9.91. The highest BCUT2D eigenvalue weighted by Gasteiger charge is 2.07. The molecule has 0 amide bonds. The highest BCUT2D eigenvalue weighted by Crippen LogP contribution is 2.09. The van der Waals surface area contributed by atoms with Gasteiger partial charge in [0.2, 0.25) is 5.85 Å². The lowest BCUT2D eigenvalue weighted by Gasteiger charge is -1.90. The highest BCUT2D eigenvalue weighted by molar-refractivity contribution is 7.24. The van der Waals surface area contributed by atoms with Crippen LogP contribution in [0.1, 0.15) is 26.2 Å². The first-order chi connectivity index (χ1) is 3.81. The Morgan fingerprint density at radius 3 is 2.75 bits per heavy atom. The van der Waals surface area contributed by atoms with E-state index in [0.717, 1.165) is 12.8 Å². The Bertz CT molecular complexity index is 65.4. The van der Waals surface area contributed by atoms with Crippen molar-refractivity contribution >= 4 is 8.46 Å². The molecule has 0 aromatic rings. The Morgan fingerprint density at radius 1 is 1.75 bits per heavy atom. The van der Waals surface area contributed by atoms with Crippen molar-refractivity contribution in [2.45, 2.75) is 32.0 Å². The van der Waals surface area contributed by atoms with Gasteiger partial charge in [-0.25, -0.2) is 0 Å². The van der Waals surface area contributed by atoms with Crippen molar-refractivity contribution in [1.29, 1.82) is 0 Å². The molecule has 2 nitrogen and oxygen atoms in total. The van der Waals surface area contributed by atoms with Gasteiger partial charge in [0.1, 0.15) is 0 Å². The van der Waals surface area contributed by atoms with Crippen LogP contribution in [0.4, 0.5) is 0 Å². The third-order valence-corrected chi connectivity index (χ3v) is 1.53. The Balaban J connectivity index is 2.98. The van der Waals surface area contributed by atoms with Crippen LogP contribution in [0.5, 0.6) is 0 Å². The summed E-state index contributed by atoms with van der Waals surface area (Å²) in [6, 6.07) is 0. The van der Waals surface area contributed by atoms with Gasteiger partial charge in [-0.2, -0.15) is 0 Å². The fraction of sp³-hybridized carbons (Fsp3) is 1.00. The number of hydrogen-bond acceptors (Lipinski definition) is 2. The number of aliphatic hydroxyl groups excluding tert-OH is 1. The topological polar surface area (TPSA) is 37.3 Å². The number of hydrogen-bond donors (Lipinski definition) is 1. The average molecular weight is 135 g/mol. The van der Waals surface area contributed by atoms with Crippen LogP contribution >= 0.6 is 8.46 Å². The van der Waals surface area contributed by atoms with E-state index in [0.29, 0.717) is 6.42 Å². The zero-order valence-electron chi connectivity index (χ0n) is 5.05. The summed E-state index contributed by atoms with van der Waals surface area (Å²) in [5.41, 5.74) is 0. The van der Waals surface area contributed by atoms with Crippen molar-refractivity contribution in [2.24, 2.45) is 0 Å².